The normalized spacial score (nSPS) is 19.1. The van der Waals surface area contributed by atoms with Gasteiger partial charge in [0.1, 0.15) is 4.21 Å². The van der Waals surface area contributed by atoms with Crippen LogP contribution in [0.5, 0.6) is 0 Å². The van der Waals surface area contributed by atoms with Gasteiger partial charge < -0.3 is 0 Å². The number of nitrogens with zero attached hydrogens (tertiary/aromatic N) is 1. The van der Waals surface area contributed by atoms with Gasteiger partial charge in [0.05, 0.1) is 5.88 Å². The Morgan fingerprint density at radius 1 is 1.33 bits per heavy atom. The number of hydrogen-bond donors (Lipinski definition) is 0. The molecule has 1 aliphatic rings. The van der Waals surface area contributed by atoms with E-state index in [4.69, 9.17) is 11.6 Å². The topological polar surface area (TPSA) is 37.4 Å². The fraction of sp³-hybridized carbons (Fsp3) is 0.733. The van der Waals surface area contributed by atoms with Crippen LogP contribution in [0.1, 0.15) is 44.1 Å². The first-order valence-electron chi connectivity index (χ1n) is 7.31. The smallest absolute Gasteiger partial charge is 0.206 e. The molecule has 0 unspecified atom stereocenters. The third-order valence-corrected chi connectivity index (χ3v) is 8.40. The largest absolute Gasteiger partial charge is 0.252 e. The highest BCUT2D eigenvalue weighted by Crippen LogP contribution is 2.37. The number of alkyl halides is 1. The van der Waals surface area contributed by atoms with Gasteiger partial charge in [0.2, 0.25) is 0 Å². The molecular weight excluding hydrogens is 326 g/mol. The van der Waals surface area contributed by atoms with Gasteiger partial charge in [0.25, 0.3) is 10.0 Å². The number of aryl methyl sites for hydroxylation is 1. The Morgan fingerprint density at radius 3 is 2.33 bits per heavy atom. The maximum Gasteiger partial charge on any atom is 0.252 e. The van der Waals surface area contributed by atoms with E-state index in [-0.39, 0.29) is 5.41 Å². The van der Waals surface area contributed by atoms with Crippen molar-refractivity contribution in [2.75, 3.05) is 13.1 Å². The van der Waals surface area contributed by atoms with Crippen LogP contribution < -0.4 is 0 Å². The van der Waals surface area contributed by atoms with Crippen LogP contribution in [0.2, 0.25) is 0 Å². The Morgan fingerprint density at radius 2 is 1.90 bits per heavy atom. The number of halogens is 1. The Kier molecular flexibility index (Phi) is 5.08. The van der Waals surface area contributed by atoms with Crippen molar-refractivity contribution in [2.45, 2.75) is 50.6 Å². The van der Waals surface area contributed by atoms with E-state index >= 15 is 0 Å². The van der Waals surface area contributed by atoms with Gasteiger partial charge in [-0.2, -0.15) is 4.31 Å². The zero-order valence-corrected chi connectivity index (χ0v) is 15.5. The van der Waals surface area contributed by atoms with Crippen molar-refractivity contribution in [1.82, 2.24) is 4.31 Å². The van der Waals surface area contributed by atoms with E-state index in [1.807, 2.05) is 6.92 Å². The van der Waals surface area contributed by atoms with E-state index in [2.05, 4.69) is 20.8 Å². The van der Waals surface area contributed by atoms with Gasteiger partial charge in [0.15, 0.2) is 0 Å². The zero-order chi connectivity index (χ0) is 15.8. The van der Waals surface area contributed by atoms with Gasteiger partial charge in [-0.05, 0) is 42.7 Å². The molecule has 0 spiro atoms. The Hall–Kier alpha value is -0.100. The molecule has 1 aliphatic heterocycles. The van der Waals surface area contributed by atoms with Crippen LogP contribution >= 0.6 is 22.9 Å². The summed E-state index contributed by atoms with van der Waals surface area (Å²) < 4.78 is 27.5. The Balaban J connectivity index is 2.15. The van der Waals surface area contributed by atoms with Crippen molar-refractivity contribution in [2.24, 2.45) is 11.3 Å². The lowest BCUT2D eigenvalue weighted by Crippen LogP contribution is -2.41. The number of piperidine rings is 1. The third kappa shape index (κ3) is 3.63. The Bertz CT molecular complexity index is 594. The highest BCUT2D eigenvalue weighted by Gasteiger charge is 2.34. The summed E-state index contributed by atoms with van der Waals surface area (Å²) in [6.07, 6.45) is 1.88. The van der Waals surface area contributed by atoms with Gasteiger partial charge in [-0.3, -0.25) is 0 Å². The van der Waals surface area contributed by atoms with Gasteiger partial charge in [0, 0.05) is 18.0 Å². The second-order valence-electron chi connectivity index (χ2n) is 6.85. The van der Waals surface area contributed by atoms with Gasteiger partial charge in [-0.15, -0.1) is 22.9 Å². The summed E-state index contributed by atoms with van der Waals surface area (Å²) >= 11 is 7.16. The van der Waals surface area contributed by atoms with Crippen molar-refractivity contribution in [3.8, 4) is 0 Å². The monoisotopic (exact) mass is 349 g/mol. The minimum absolute atomic E-state index is 0.251. The summed E-state index contributed by atoms with van der Waals surface area (Å²) in [6.45, 7) is 9.86. The molecule has 0 saturated carbocycles. The van der Waals surface area contributed by atoms with Crippen molar-refractivity contribution in [3.05, 3.63) is 16.5 Å². The predicted molar refractivity (Wildman–Crippen MR) is 89.6 cm³/mol. The van der Waals surface area contributed by atoms with E-state index < -0.39 is 10.0 Å². The highest BCUT2D eigenvalue weighted by atomic mass is 35.5. The van der Waals surface area contributed by atoms with E-state index in [1.54, 1.807) is 10.4 Å². The lowest BCUT2D eigenvalue weighted by Gasteiger charge is -2.38. The summed E-state index contributed by atoms with van der Waals surface area (Å²) in [4.78, 5) is 0.944. The Labute approximate surface area is 137 Å². The van der Waals surface area contributed by atoms with Crippen LogP contribution in [0.25, 0.3) is 0 Å². The maximum absolute atomic E-state index is 12.7. The number of thiophene rings is 1. The molecule has 0 aromatic carbocycles. The quantitative estimate of drug-likeness (QED) is 0.765. The van der Waals surface area contributed by atoms with Crippen molar-refractivity contribution in [3.63, 3.8) is 0 Å². The van der Waals surface area contributed by atoms with Crippen LogP contribution in [0, 0.1) is 18.3 Å². The van der Waals surface area contributed by atoms with Gasteiger partial charge >= 0.3 is 0 Å². The van der Waals surface area contributed by atoms with E-state index in [9.17, 15) is 8.42 Å². The molecule has 1 fully saturated rings. The number of rotatable bonds is 3. The molecule has 0 aliphatic carbocycles. The lowest BCUT2D eigenvalue weighted by molar-refractivity contribution is 0.154. The molecule has 6 heteroatoms. The average Bonchev–Trinajstić information content (AvgIpc) is 2.80. The number of sulfonamides is 1. The first kappa shape index (κ1) is 17.3. The molecule has 0 amide bonds. The molecule has 1 aromatic rings. The summed E-state index contributed by atoms with van der Waals surface area (Å²) in [7, 11) is -3.35. The molecule has 1 saturated heterocycles. The standard InChI is InChI=1S/C15H24ClNO2S2/c1-11-9-14(20-13(11)10-16)21(18,19)17-7-5-12(6-8-17)15(2,3)4/h9,12H,5-8,10H2,1-4H3. The predicted octanol–water partition coefficient (Wildman–Crippen LogP) is 4.24. The van der Waals surface area contributed by atoms with Gasteiger partial charge in [-0.25, -0.2) is 8.42 Å². The van der Waals surface area contributed by atoms with Crippen molar-refractivity contribution < 1.29 is 8.42 Å². The van der Waals surface area contributed by atoms with E-state index in [0.29, 0.717) is 29.1 Å². The minimum Gasteiger partial charge on any atom is -0.206 e. The van der Waals surface area contributed by atoms with E-state index in [1.165, 1.54) is 11.3 Å². The van der Waals surface area contributed by atoms with E-state index in [0.717, 1.165) is 23.3 Å². The van der Waals surface area contributed by atoms with Crippen LogP contribution in [0.3, 0.4) is 0 Å². The first-order valence-corrected chi connectivity index (χ1v) is 10.1. The summed E-state index contributed by atoms with van der Waals surface area (Å²) in [5.74, 6) is 0.963. The fourth-order valence-corrected chi connectivity index (χ4v) is 6.28. The van der Waals surface area contributed by atoms with Gasteiger partial charge in [-0.1, -0.05) is 20.8 Å². The van der Waals surface area contributed by atoms with Crippen LogP contribution in [-0.2, 0) is 15.9 Å². The SMILES string of the molecule is Cc1cc(S(=O)(=O)N2CCC(C(C)(C)C)CC2)sc1CCl. The van der Waals surface area contributed by atoms with Crippen LogP contribution in [0.15, 0.2) is 10.3 Å². The summed E-state index contributed by atoms with van der Waals surface area (Å²) in [6, 6.07) is 1.76. The molecule has 1 aromatic heterocycles. The number of hydrogen-bond acceptors (Lipinski definition) is 3. The summed E-state index contributed by atoms with van der Waals surface area (Å²) in [5, 5.41) is 0. The minimum atomic E-state index is -3.35. The molecule has 0 bridgehead atoms. The molecule has 120 valence electrons. The average molecular weight is 350 g/mol. The zero-order valence-electron chi connectivity index (χ0n) is 13.1. The highest BCUT2D eigenvalue weighted by molar-refractivity contribution is 7.91. The second kappa shape index (κ2) is 6.19. The molecule has 2 heterocycles. The summed E-state index contributed by atoms with van der Waals surface area (Å²) in [5.41, 5.74) is 1.22. The third-order valence-electron chi connectivity index (χ3n) is 4.39. The first-order chi connectivity index (χ1) is 9.66. The molecule has 0 radical (unpaired) electrons. The van der Waals surface area contributed by atoms with Crippen molar-refractivity contribution in [1.29, 1.82) is 0 Å². The van der Waals surface area contributed by atoms with Crippen LogP contribution in [0.4, 0.5) is 0 Å². The maximum atomic E-state index is 12.7. The van der Waals surface area contributed by atoms with Crippen LogP contribution in [-0.4, -0.2) is 25.8 Å². The molecular formula is C15H24ClNO2S2. The molecule has 21 heavy (non-hydrogen) atoms. The lowest BCUT2D eigenvalue weighted by atomic mass is 9.76. The molecule has 2 rings (SSSR count). The molecule has 0 atom stereocenters. The molecule has 0 N–H and O–H groups in total. The molecule has 3 nitrogen and oxygen atoms in total. The fourth-order valence-electron chi connectivity index (χ4n) is 2.84. The second-order valence-corrected chi connectivity index (χ2v) is 10.4. The van der Waals surface area contributed by atoms with Crippen molar-refractivity contribution >= 4 is 33.0 Å².